The van der Waals surface area contributed by atoms with E-state index in [1.807, 2.05) is 12.1 Å². The molecule has 1 aliphatic rings. The zero-order valence-corrected chi connectivity index (χ0v) is 15.8. The first-order valence-electron chi connectivity index (χ1n) is 9.35. The summed E-state index contributed by atoms with van der Waals surface area (Å²) < 4.78 is 6.43. The lowest BCUT2D eigenvalue weighted by atomic mass is 10.2. The minimum absolute atomic E-state index is 0.0747. The third kappa shape index (κ3) is 5.19. The third-order valence-corrected chi connectivity index (χ3v) is 4.50. The van der Waals surface area contributed by atoms with Crippen molar-refractivity contribution in [2.24, 2.45) is 0 Å². The van der Waals surface area contributed by atoms with Crippen LogP contribution in [0.15, 0.2) is 36.5 Å². The molecule has 3 rings (SSSR count). The molecule has 1 aliphatic heterocycles. The van der Waals surface area contributed by atoms with Gasteiger partial charge in [0.25, 0.3) is 5.91 Å². The summed E-state index contributed by atoms with van der Waals surface area (Å²) >= 11 is 0. The molecule has 9 nitrogen and oxygen atoms in total. The van der Waals surface area contributed by atoms with Gasteiger partial charge in [0.15, 0.2) is 12.4 Å². The summed E-state index contributed by atoms with van der Waals surface area (Å²) in [5, 5.41) is 16.0. The molecule has 1 saturated heterocycles. The number of esters is 1. The van der Waals surface area contributed by atoms with Gasteiger partial charge in [-0.15, -0.1) is 0 Å². The maximum absolute atomic E-state index is 12.3. The van der Waals surface area contributed by atoms with E-state index in [1.54, 1.807) is 24.3 Å². The number of hydrogen-bond acceptors (Lipinski definition) is 6. The summed E-state index contributed by atoms with van der Waals surface area (Å²) in [6.45, 7) is -0.175. The molecule has 9 heteroatoms. The molecule has 0 radical (unpaired) electrons. The van der Waals surface area contributed by atoms with Gasteiger partial charge in [-0.2, -0.15) is 10.4 Å². The normalized spacial score (nSPS) is 14.0. The number of anilines is 1. The smallest absolute Gasteiger partial charge is 0.326 e. The Bertz CT molecular complexity index is 932. The van der Waals surface area contributed by atoms with Crippen LogP contribution in [-0.2, 0) is 19.1 Å². The first kappa shape index (κ1) is 20.1. The Morgan fingerprint density at radius 2 is 2.00 bits per heavy atom. The first-order valence-corrected chi connectivity index (χ1v) is 9.35. The monoisotopic (exact) mass is 395 g/mol. The van der Waals surface area contributed by atoms with Gasteiger partial charge in [0.2, 0.25) is 5.91 Å². The number of nitrogens with zero attached hydrogens (tertiary/aromatic N) is 4. The largest absolute Gasteiger partial charge is 0.454 e. The number of rotatable bonds is 6. The molecule has 2 heterocycles. The molecule has 0 unspecified atom stereocenters. The molecule has 2 amide bonds. The standard InChI is InChI=1S/C20H21N5O4/c21-11-15-12-22-25(16-7-3-1-4-8-16)20(15)23-17(26)14-29-19(28)13-24-10-6-2-5-9-18(24)27/h1,3-4,7-8,12H,2,5-6,9-10,13-14H2,(H,23,26). The molecule has 150 valence electrons. The second kappa shape index (κ2) is 9.50. The number of ether oxygens (including phenoxy) is 1. The second-order valence-electron chi connectivity index (χ2n) is 6.60. The first-order chi connectivity index (χ1) is 14.1. The number of para-hydroxylation sites is 1. The van der Waals surface area contributed by atoms with Crippen LogP contribution in [0.3, 0.4) is 0 Å². The number of benzene rings is 1. The lowest BCUT2D eigenvalue weighted by Crippen LogP contribution is -2.36. The Balaban J connectivity index is 1.58. The van der Waals surface area contributed by atoms with Gasteiger partial charge in [-0.3, -0.25) is 14.4 Å². The van der Waals surface area contributed by atoms with E-state index in [0.29, 0.717) is 18.7 Å². The molecule has 29 heavy (non-hydrogen) atoms. The van der Waals surface area contributed by atoms with Crippen LogP contribution in [0.25, 0.3) is 5.69 Å². The van der Waals surface area contributed by atoms with E-state index in [9.17, 15) is 19.6 Å². The van der Waals surface area contributed by atoms with Crippen molar-refractivity contribution >= 4 is 23.6 Å². The number of nitriles is 1. The zero-order chi connectivity index (χ0) is 20.6. The van der Waals surface area contributed by atoms with Crippen molar-refractivity contribution in [2.75, 3.05) is 25.0 Å². The SMILES string of the molecule is N#Cc1cnn(-c2ccccc2)c1NC(=O)COC(=O)CN1CCCCCC1=O. The van der Waals surface area contributed by atoms with Crippen LogP contribution in [0, 0.1) is 11.3 Å². The van der Waals surface area contributed by atoms with E-state index in [-0.39, 0.29) is 23.8 Å². The third-order valence-electron chi connectivity index (χ3n) is 4.50. The molecule has 1 N–H and O–H groups in total. The maximum atomic E-state index is 12.3. The lowest BCUT2D eigenvalue weighted by molar-refractivity contribution is -0.151. The van der Waals surface area contributed by atoms with Crippen LogP contribution in [0.5, 0.6) is 0 Å². The molecule has 1 aromatic heterocycles. The zero-order valence-electron chi connectivity index (χ0n) is 15.8. The number of carbonyl (C=O) groups excluding carboxylic acids is 3. The van der Waals surface area contributed by atoms with Gasteiger partial charge in [0.05, 0.1) is 11.9 Å². The molecule has 1 fully saturated rings. The summed E-state index contributed by atoms with van der Waals surface area (Å²) in [7, 11) is 0. The average molecular weight is 395 g/mol. The van der Waals surface area contributed by atoms with E-state index in [0.717, 1.165) is 19.3 Å². The number of carbonyl (C=O) groups is 3. The predicted octanol–water partition coefficient (Wildman–Crippen LogP) is 1.63. The molecule has 1 aromatic carbocycles. The summed E-state index contributed by atoms with van der Waals surface area (Å²) in [5.41, 5.74) is 0.852. The summed E-state index contributed by atoms with van der Waals surface area (Å²) in [6.07, 6.45) is 4.40. The van der Waals surface area contributed by atoms with E-state index in [1.165, 1.54) is 15.8 Å². The minimum atomic E-state index is -0.646. The van der Waals surface area contributed by atoms with Crippen LogP contribution in [-0.4, -0.2) is 52.2 Å². The molecule has 0 atom stereocenters. The van der Waals surface area contributed by atoms with Crippen LogP contribution in [0.4, 0.5) is 5.82 Å². The lowest BCUT2D eigenvalue weighted by Gasteiger charge is -2.19. The highest BCUT2D eigenvalue weighted by atomic mass is 16.5. The van der Waals surface area contributed by atoms with Crippen molar-refractivity contribution in [3.8, 4) is 11.8 Å². The number of amides is 2. The molecular weight excluding hydrogens is 374 g/mol. The van der Waals surface area contributed by atoms with Gasteiger partial charge < -0.3 is 15.0 Å². The van der Waals surface area contributed by atoms with Crippen LogP contribution < -0.4 is 5.32 Å². The summed E-state index contributed by atoms with van der Waals surface area (Å²) in [6, 6.07) is 11.0. The molecule has 0 aliphatic carbocycles. The molecule has 2 aromatic rings. The van der Waals surface area contributed by atoms with Crippen LogP contribution >= 0.6 is 0 Å². The maximum Gasteiger partial charge on any atom is 0.326 e. The quantitative estimate of drug-likeness (QED) is 0.743. The fraction of sp³-hybridized carbons (Fsp3) is 0.350. The van der Waals surface area contributed by atoms with Crippen molar-refractivity contribution in [3.63, 3.8) is 0 Å². The predicted molar refractivity (Wildman–Crippen MR) is 103 cm³/mol. The molecule has 0 bridgehead atoms. The number of hydrogen-bond donors (Lipinski definition) is 1. The highest BCUT2D eigenvalue weighted by molar-refractivity contribution is 5.93. The van der Waals surface area contributed by atoms with E-state index in [4.69, 9.17) is 4.74 Å². The summed E-state index contributed by atoms with van der Waals surface area (Å²) in [5.74, 6) is -1.13. The van der Waals surface area contributed by atoms with E-state index in [2.05, 4.69) is 10.4 Å². The molecular formula is C20H21N5O4. The van der Waals surface area contributed by atoms with Gasteiger partial charge in [0, 0.05) is 13.0 Å². The Morgan fingerprint density at radius 3 is 2.76 bits per heavy atom. The topological polar surface area (TPSA) is 117 Å². The fourth-order valence-electron chi connectivity index (χ4n) is 3.04. The molecule has 0 saturated carbocycles. The van der Waals surface area contributed by atoms with E-state index >= 15 is 0 Å². The van der Waals surface area contributed by atoms with Crippen LogP contribution in [0.2, 0.25) is 0 Å². The van der Waals surface area contributed by atoms with Crippen LogP contribution in [0.1, 0.15) is 31.2 Å². The second-order valence-corrected chi connectivity index (χ2v) is 6.60. The number of likely N-dealkylation sites (tertiary alicyclic amines) is 1. The van der Waals surface area contributed by atoms with Crippen molar-refractivity contribution in [1.82, 2.24) is 14.7 Å². The Morgan fingerprint density at radius 1 is 1.21 bits per heavy atom. The van der Waals surface area contributed by atoms with Crippen molar-refractivity contribution in [2.45, 2.75) is 25.7 Å². The van der Waals surface area contributed by atoms with Crippen molar-refractivity contribution in [1.29, 1.82) is 5.26 Å². The Kier molecular flexibility index (Phi) is 6.58. The fourth-order valence-corrected chi connectivity index (χ4v) is 3.04. The van der Waals surface area contributed by atoms with E-state index < -0.39 is 18.5 Å². The van der Waals surface area contributed by atoms with Crippen molar-refractivity contribution in [3.05, 3.63) is 42.1 Å². The van der Waals surface area contributed by atoms with Crippen molar-refractivity contribution < 1.29 is 19.1 Å². The van der Waals surface area contributed by atoms with Gasteiger partial charge >= 0.3 is 5.97 Å². The summed E-state index contributed by atoms with van der Waals surface area (Å²) in [4.78, 5) is 37.7. The number of aromatic nitrogens is 2. The highest BCUT2D eigenvalue weighted by Crippen LogP contribution is 2.19. The Hall–Kier alpha value is -3.67. The molecule has 0 spiro atoms. The average Bonchev–Trinajstić information content (AvgIpc) is 3.02. The Labute approximate surface area is 167 Å². The van der Waals surface area contributed by atoms with Gasteiger partial charge in [0.1, 0.15) is 18.2 Å². The minimum Gasteiger partial charge on any atom is -0.454 e. The highest BCUT2D eigenvalue weighted by Gasteiger charge is 2.21. The number of nitrogens with one attached hydrogen (secondary N) is 1. The van der Waals surface area contributed by atoms with Gasteiger partial charge in [-0.25, -0.2) is 4.68 Å². The van der Waals surface area contributed by atoms with Gasteiger partial charge in [-0.1, -0.05) is 24.6 Å². The van der Waals surface area contributed by atoms with Gasteiger partial charge in [-0.05, 0) is 25.0 Å².